The third-order valence-corrected chi connectivity index (χ3v) is 6.32. The number of benzene rings is 2. The first-order chi connectivity index (χ1) is 12.6. The second-order valence-electron chi connectivity index (χ2n) is 6.41. The molecule has 0 radical (unpaired) electrons. The van der Waals surface area contributed by atoms with Gasteiger partial charge < -0.3 is 10.2 Å². The van der Waals surface area contributed by atoms with Gasteiger partial charge in [0.05, 0.1) is 10.7 Å². The Morgan fingerprint density at radius 1 is 1.12 bits per heavy atom. The molecule has 1 fully saturated rings. The number of amides is 1. The van der Waals surface area contributed by atoms with Crippen LogP contribution in [0.15, 0.2) is 42.5 Å². The van der Waals surface area contributed by atoms with E-state index in [1.165, 1.54) is 23.8 Å². The summed E-state index contributed by atoms with van der Waals surface area (Å²) in [5.74, 6) is -0.631. The lowest BCUT2D eigenvalue weighted by Gasteiger charge is -2.29. The Bertz CT molecular complexity index is 966. The van der Waals surface area contributed by atoms with Crippen LogP contribution in [0.2, 0.25) is 5.02 Å². The van der Waals surface area contributed by atoms with Gasteiger partial charge in [-0.05, 0) is 43.5 Å². The van der Waals surface area contributed by atoms with Crippen molar-refractivity contribution in [2.24, 2.45) is 0 Å². The van der Waals surface area contributed by atoms with Crippen molar-refractivity contribution < 1.29 is 9.18 Å². The molecule has 1 aromatic heterocycles. The Labute approximate surface area is 160 Å². The van der Waals surface area contributed by atoms with Crippen molar-refractivity contribution in [1.82, 2.24) is 0 Å². The number of thiophene rings is 1. The van der Waals surface area contributed by atoms with E-state index in [1.54, 1.807) is 12.1 Å². The smallest absolute Gasteiger partial charge is 0.267 e. The molecule has 134 valence electrons. The Kier molecular flexibility index (Phi) is 4.83. The normalized spacial score (nSPS) is 14.6. The van der Waals surface area contributed by atoms with Gasteiger partial charge in [-0.3, -0.25) is 4.79 Å². The summed E-state index contributed by atoms with van der Waals surface area (Å²) in [6.07, 6.45) is 3.37. The molecule has 3 nitrogen and oxygen atoms in total. The van der Waals surface area contributed by atoms with Gasteiger partial charge in [-0.1, -0.05) is 29.8 Å². The zero-order valence-electron chi connectivity index (χ0n) is 14.1. The lowest BCUT2D eigenvalue weighted by atomic mass is 10.1. The number of piperidine rings is 1. The first-order valence-corrected chi connectivity index (χ1v) is 9.86. The van der Waals surface area contributed by atoms with Gasteiger partial charge in [0, 0.05) is 28.9 Å². The largest absolute Gasteiger partial charge is 0.369 e. The van der Waals surface area contributed by atoms with Crippen LogP contribution < -0.4 is 10.2 Å². The standard InChI is InChI=1S/C20H18ClFN2OS/c21-18-14-6-2-3-7-17(14)26-19(18)20(25)23-13-8-9-16(15(22)12-13)24-10-4-1-5-11-24/h2-3,6-9,12H,1,4-5,10-11H2,(H,23,25). The summed E-state index contributed by atoms with van der Waals surface area (Å²) in [6.45, 7) is 1.75. The first kappa shape index (κ1) is 17.3. The molecule has 1 aliphatic rings. The lowest BCUT2D eigenvalue weighted by molar-refractivity contribution is 0.103. The maximum atomic E-state index is 14.5. The number of anilines is 2. The fraction of sp³-hybridized carbons (Fsp3) is 0.250. The maximum absolute atomic E-state index is 14.5. The average molecular weight is 389 g/mol. The third-order valence-electron chi connectivity index (χ3n) is 4.64. The van der Waals surface area contributed by atoms with E-state index in [4.69, 9.17) is 11.6 Å². The molecular formula is C20H18ClFN2OS. The van der Waals surface area contributed by atoms with Crippen molar-refractivity contribution >= 4 is 50.3 Å². The van der Waals surface area contributed by atoms with Crippen molar-refractivity contribution in [2.75, 3.05) is 23.3 Å². The first-order valence-electron chi connectivity index (χ1n) is 8.66. The number of nitrogens with zero attached hydrogens (tertiary/aromatic N) is 1. The van der Waals surface area contributed by atoms with Crippen LogP contribution in [0, 0.1) is 5.82 Å². The van der Waals surface area contributed by atoms with Gasteiger partial charge in [0.1, 0.15) is 10.7 Å². The monoisotopic (exact) mass is 388 g/mol. The number of fused-ring (bicyclic) bond motifs is 1. The van der Waals surface area contributed by atoms with Crippen LogP contribution in [0.3, 0.4) is 0 Å². The Morgan fingerprint density at radius 3 is 2.62 bits per heavy atom. The molecule has 4 rings (SSSR count). The number of halogens is 2. The van der Waals surface area contributed by atoms with E-state index in [9.17, 15) is 9.18 Å². The van der Waals surface area contributed by atoms with Crippen LogP contribution in [-0.2, 0) is 0 Å². The quantitative estimate of drug-likeness (QED) is 0.602. The Balaban J connectivity index is 1.55. The average Bonchev–Trinajstić information content (AvgIpc) is 3.00. The van der Waals surface area contributed by atoms with E-state index in [-0.39, 0.29) is 11.7 Å². The van der Waals surface area contributed by atoms with Gasteiger partial charge in [0.25, 0.3) is 5.91 Å². The highest BCUT2D eigenvalue weighted by molar-refractivity contribution is 7.21. The molecule has 0 bridgehead atoms. The van der Waals surface area contributed by atoms with Gasteiger partial charge in [-0.15, -0.1) is 11.3 Å². The van der Waals surface area contributed by atoms with E-state index in [0.717, 1.165) is 36.0 Å². The van der Waals surface area contributed by atoms with E-state index < -0.39 is 0 Å². The highest BCUT2D eigenvalue weighted by atomic mass is 35.5. The minimum Gasteiger partial charge on any atom is -0.369 e. The SMILES string of the molecule is O=C(Nc1ccc(N2CCCCC2)c(F)c1)c1sc2ccccc2c1Cl. The number of hydrogen-bond donors (Lipinski definition) is 1. The van der Waals surface area contributed by atoms with E-state index in [2.05, 4.69) is 10.2 Å². The van der Waals surface area contributed by atoms with Crippen LogP contribution in [0.25, 0.3) is 10.1 Å². The zero-order chi connectivity index (χ0) is 18.1. The van der Waals surface area contributed by atoms with Crippen LogP contribution in [0.4, 0.5) is 15.8 Å². The maximum Gasteiger partial charge on any atom is 0.267 e. The predicted octanol–water partition coefficient (Wildman–Crippen LogP) is 5.94. The summed E-state index contributed by atoms with van der Waals surface area (Å²) >= 11 is 7.68. The second-order valence-corrected chi connectivity index (χ2v) is 7.84. The summed E-state index contributed by atoms with van der Waals surface area (Å²) in [5, 5.41) is 4.06. The number of carbonyl (C=O) groups excluding carboxylic acids is 1. The molecule has 1 aliphatic heterocycles. The predicted molar refractivity (Wildman–Crippen MR) is 107 cm³/mol. The van der Waals surface area contributed by atoms with Crippen LogP contribution in [0.1, 0.15) is 28.9 Å². The van der Waals surface area contributed by atoms with Crippen molar-refractivity contribution in [3.63, 3.8) is 0 Å². The molecule has 0 saturated carbocycles. The minimum absolute atomic E-state index is 0.313. The van der Waals surface area contributed by atoms with Gasteiger partial charge in [-0.25, -0.2) is 4.39 Å². The summed E-state index contributed by atoms with van der Waals surface area (Å²) < 4.78 is 15.5. The molecule has 0 spiro atoms. The molecule has 0 unspecified atom stereocenters. The van der Waals surface area contributed by atoms with E-state index >= 15 is 0 Å². The Hall–Kier alpha value is -2.11. The summed E-state index contributed by atoms with van der Waals surface area (Å²) in [5.41, 5.74) is 1.03. The van der Waals surface area contributed by atoms with Crippen LogP contribution in [-0.4, -0.2) is 19.0 Å². The number of carbonyl (C=O) groups is 1. The third kappa shape index (κ3) is 3.29. The highest BCUT2D eigenvalue weighted by Crippen LogP contribution is 2.35. The molecule has 1 saturated heterocycles. The fourth-order valence-corrected chi connectivity index (χ4v) is 4.74. The fourth-order valence-electron chi connectivity index (χ4n) is 3.32. The molecule has 2 heterocycles. The minimum atomic E-state index is -0.318. The number of hydrogen-bond acceptors (Lipinski definition) is 3. The van der Waals surface area contributed by atoms with Crippen molar-refractivity contribution in [2.45, 2.75) is 19.3 Å². The topological polar surface area (TPSA) is 32.3 Å². The van der Waals surface area contributed by atoms with E-state index in [0.29, 0.717) is 21.3 Å². The summed E-state index contributed by atoms with van der Waals surface area (Å²) in [7, 11) is 0. The molecule has 6 heteroatoms. The van der Waals surface area contributed by atoms with Gasteiger partial charge >= 0.3 is 0 Å². The zero-order valence-corrected chi connectivity index (χ0v) is 15.7. The molecular weight excluding hydrogens is 371 g/mol. The van der Waals surface area contributed by atoms with Gasteiger partial charge in [0.15, 0.2) is 0 Å². The highest BCUT2D eigenvalue weighted by Gasteiger charge is 2.19. The van der Waals surface area contributed by atoms with Crippen molar-refractivity contribution in [1.29, 1.82) is 0 Å². The molecule has 0 aliphatic carbocycles. The van der Waals surface area contributed by atoms with Crippen LogP contribution in [0.5, 0.6) is 0 Å². The second kappa shape index (κ2) is 7.25. The summed E-state index contributed by atoms with van der Waals surface area (Å²) in [4.78, 5) is 15.1. The lowest BCUT2D eigenvalue weighted by Crippen LogP contribution is -2.30. The van der Waals surface area contributed by atoms with Crippen molar-refractivity contribution in [3.05, 3.63) is 58.2 Å². The Morgan fingerprint density at radius 2 is 1.88 bits per heavy atom. The van der Waals surface area contributed by atoms with Gasteiger partial charge in [0.2, 0.25) is 0 Å². The van der Waals surface area contributed by atoms with E-state index in [1.807, 2.05) is 24.3 Å². The van der Waals surface area contributed by atoms with Gasteiger partial charge in [-0.2, -0.15) is 0 Å². The van der Waals surface area contributed by atoms with Crippen LogP contribution >= 0.6 is 22.9 Å². The molecule has 3 aromatic rings. The molecule has 0 atom stereocenters. The summed E-state index contributed by atoms with van der Waals surface area (Å²) in [6, 6.07) is 12.5. The number of rotatable bonds is 3. The molecule has 2 aromatic carbocycles. The molecule has 1 N–H and O–H groups in total. The van der Waals surface area contributed by atoms with Crippen molar-refractivity contribution in [3.8, 4) is 0 Å². The molecule has 26 heavy (non-hydrogen) atoms. The number of nitrogens with one attached hydrogen (secondary N) is 1. The molecule has 1 amide bonds.